The third-order valence-corrected chi connectivity index (χ3v) is 2.85. The molecule has 0 radical (unpaired) electrons. The second-order valence-corrected chi connectivity index (χ2v) is 4.55. The number of aromatic nitrogens is 1. The number of rotatable bonds is 3. The molecule has 0 N–H and O–H groups in total. The van der Waals surface area contributed by atoms with Gasteiger partial charge in [-0.15, -0.1) is 0 Å². The molecular weight excluding hydrogens is 258 g/mol. The fourth-order valence-electron chi connectivity index (χ4n) is 1.59. The van der Waals surface area contributed by atoms with Gasteiger partial charge < -0.3 is 9.47 Å². The number of halogens is 1. The molecule has 0 saturated carbocycles. The molecule has 3 nitrogen and oxygen atoms in total. The number of nitrogens with zero attached hydrogens (tertiary/aromatic N) is 1. The normalized spacial score (nSPS) is 17.9. The molecule has 1 saturated heterocycles. The van der Waals surface area contributed by atoms with E-state index in [1.165, 1.54) is 0 Å². The van der Waals surface area contributed by atoms with E-state index >= 15 is 0 Å². The van der Waals surface area contributed by atoms with Crippen LogP contribution in [0.1, 0.15) is 18.4 Å². The molecule has 0 aliphatic carbocycles. The minimum atomic E-state index is 0.345. The van der Waals surface area contributed by atoms with E-state index < -0.39 is 0 Å². The summed E-state index contributed by atoms with van der Waals surface area (Å²) in [5.74, 6) is 0. The van der Waals surface area contributed by atoms with Crippen LogP contribution < -0.4 is 0 Å². The van der Waals surface area contributed by atoms with E-state index in [4.69, 9.17) is 9.47 Å². The van der Waals surface area contributed by atoms with Crippen LogP contribution >= 0.6 is 15.9 Å². The second-order valence-electron chi connectivity index (χ2n) is 3.63. The van der Waals surface area contributed by atoms with E-state index in [0.717, 1.165) is 36.1 Å². The van der Waals surface area contributed by atoms with Crippen molar-refractivity contribution in [2.75, 3.05) is 13.2 Å². The predicted octanol–water partition coefficient (Wildman–Crippen LogP) is 2.54. The van der Waals surface area contributed by atoms with Gasteiger partial charge in [-0.05, 0) is 40.4 Å². The maximum Gasteiger partial charge on any atom is 0.0736 e. The zero-order chi connectivity index (χ0) is 10.5. The first-order chi connectivity index (χ1) is 7.34. The summed E-state index contributed by atoms with van der Waals surface area (Å²) < 4.78 is 12.1. The molecule has 0 atom stereocenters. The van der Waals surface area contributed by atoms with Crippen molar-refractivity contribution in [1.82, 2.24) is 4.98 Å². The van der Waals surface area contributed by atoms with E-state index in [1.54, 1.807) is 6.20 Å². The van der Waals surface area contributed by atoms with Gasteiger partial charge in [-0.2, -0.15) is 0 Å². The molecule has 2 heterocycles. The van der Waals surface area contributed by atoms with Crippen molar-refractivity contribution in [2.24, 2.45) is 0 Å². The van der Waals surface area contributed by atoms with Crippen LogP contribution in [0.5, 0.6) is 0 Å². The van der Waals surface area contributed by atoms with Crippen molar-refractivity contribution in [1.29, 1.82) is 0 Å². The average molecular weight is 272 g/mol. The Labute approximate surface area is 97.9 Å². The standard InChI is InChI=1S/C11H14BrNO2/c12-10-5-9(6-13-7-10)8-15-11-1-3-14-4-2-11/h5-7,11H,1-4,8H2. The van der Waals surface area contributed by atoms with Gasteiger partial charge in [0, 0.05) is 30.1 Å². The van der Waals surface area contributed by atoms with Gasteiger partial charge in [0.25, 0.3) is 0 Å². The fourth-order valence-corrected chi connectivity index (χ4v) is 2.00. The van der Waals surface area contributed by atoms with E-state index in [2.05, 4.69) is 20.9 Å². The van der Waals surface area contributed by atoms with Crippen molar-refractivity contribution in [2.45, 2.75) is 25.6 Å². The summed E-state index contributed by atoms with van der Waals surface area (Å²) in [6, 6.07) is 2.03. The molecule has 0 unspecified atom stereocenters. The molecule has 15 heavy (non-hydrogen) atoms. The van der Waals surface area contributed by atoms with Gasteiger partial charge in [0.2, 0.25) is 0 Å². The topological polar surface area (TPSA) is 31.4 Å². The van der Waals surface area contributed by atoms with Gasteiger partial charge in [0.15, 0.2) is 0 Å². The highest BCUT2D eigenvalue weighted by Crippen LogP contribution is 2.15. The predicted molar refractivity (Wildman–Crippen MR) is 60.6 cm³/mol. The second kappa shape index (κ2) is 5.58. The Kier molecular flexibility index (Phi) is 4.11. The molecule has 0 bridgehead atoms. The first-order valence-electron chi connectivity index (χ1n) is 5.13. The van der Waals surface area contributed by atoms with Crippen LogP contribution in [-0.4, -0.2) is 24.3 Å². The van der Waals surface area contributed by atoms with Crippen LogP contribution in [0.2, 0.25) is 0 Å². The quantitative estimate of drug-likeness (QED) is 0.847. The van der Waals surface area contributed by atoms with Gasteiger partial charge in [0.05, 0.1) is 12.7 Å². The van der Waals surface area contributed by atoms with Crippen molar-refractivity contribution in [3.05, 3.63) is 28.5 Å². The van der Waals surface area contributed by atoms with E-state index in [-0.39, 0.29) is 0 Å². The number of hydrogen-bond acceptors (Lipinski definition) is 3. The van der Waals surface area contributed by atoms with Crippen LogP contribution in [0.3, 0.4) is 0 Å². The lowest BCUT2D eigenvalue weighted by atomic mass is 10.1. The zero-order valence-electron chi connectivity index (χ0n) is 8.49. The average Bonchev–Trinajstić information content (AvgIpc) is 2.28. The van der Waals surface area contributed by atoms with Gasteiger partial charge in [-0.1, -0.05) is 0 Å². The lowest BCUT2D eigenvalue weighted by molar-refractivity contribution is -0.0391. The molecule has 0 aromatic carbocycles. The Morgan fingerprint density at radius 2 is 2.20 bits per heavy atom. The van der Waals surface area contributed by atoms with Crippen LogP contribution in [0.4, 0.5) is 0 Å². The first kappa shape index (κ1) is 11.0. The summed E-state index contributed by atoms with van der Waals surface area (Å²) in [5, 5.41) is 0. The molecular formula is C11H14BrNO2. The van der Waals surface area contributed by atoms with Crippen LogP contribution in [0, 0.1) is 0 Å². The number of ether oxygens (including phenoxy) is 2. The van der Waals surface area contributed by atoms with Crippen LogP contribution in [0.15, 0.2) is 22.9 Å². The highest BCUT2D eigenvalue weighted by molar-refractivity contribution is 9.10. The van der Waals surface area contributed by atoms with E-state index in [1.807, 2.05) is 12.3 Å². The zero-order valence-corrected chi connectivity index (χ0v) is 10.1. The summed E-state index contributed by atoms with van der Waals surface area (Å²) >= 11 is 3.39. The maximum atomic E-state index is 5.78. The Morgan fingerprint density at radius 1 is 1.40 bits per heavy atom. The number of hydrogen-bond donors (Lipinski definition) is 0. The lowest BCUT2D eigenvalue weighted by Crippen LogP contribution is -2.23. The highest BCUT2D eigenvalue weighted by atomic mass is 79.9. The molecule has 1 aromatic heterocycles. The SMILES string of the molecule is Brc1cncc(COC2CCOCC2)c1. The minimum absolute atomic E-state index is 0.345. The van der Waals surface area contributed by atoms with Gasteiger partial charge >= 0.3 is 0 Å². The van der Waals surface area contributed by atoms with Crippen molar-refractivity contribution < 1.29 is 9.47 Å². The van der Waals surface area contributed by atoms with E-state index in [9.17, 15) is 0 Å². The Bertz CT molecular complexity index is 313. The molecule has 1 fully saturated rings. The maximum absolute atomic E-state index is 5.78. The smallest absolute Gasteiger partial charge is 0.0736 e. The lowest BCUT2D eigenvalue weighted by Gasteiger charge is -2.22. The molecule has 82 valence electrons. The molecule has 4 heteroatoms. The molecule has 0 spiro atoms. The summed E-state index contributed by atoms with van der Waals surface area (Å²) in [6.45, 7) is 2.28. The van der Waals surface area contributed by atoms with Crippen LogP contribution in [-0.2, 0) is 16.1 Å². The third-order valence-electron chi connectivity index (χ3n) is 2.42. The van der Waals surface area contributed by atoms with Crippen molar-refractivity contribution in [3.63, 3.8) is 0 Å². The number of pyridine rings is 1. The minimum Gasteiger partial charge on any atom is -0.381 e. The Morgan fingerprint density at radius 3 is 2.93 bits per heavy atom. The van der Waals surface area contributed by atoms with Gasteiger partial charge in [-0.25, -0.2) is 0 Å². The van der Waals surface area contributed by atoms with Crippen LogP contribution in [0.25, 0.3) is 0 Å². The van der Waals surface area contributed by atoms with Crippen molar-refractivity contribution in [3.8, 4) is 0 Å². The monoisotopic (exact) mass is 271 g/mol. The largest absolute Gasteiger partial charge is 0.381 e. The molecule has 1 aromatic rings. The molecule has 0 amide bonds. The van der Waals surface area contributed by atoms with E-state index in [0.29, 0.717) is 12.7 Å². The highest BCUT2D eigenvalue weighted by Gasteiger charge is 2.13. The van der Waals surface area contributed by atoms with Gasteiger partial charge in [-0.3, -0.25) is 4.98 Å². The third kappa shape index (κ3) is 3.55. The molecule has 1 aliphatic rings. The Hall–Kier alpha value is -0.450. The summed E-state index contributed by atoms with van der Waals surface area (Å²) in [7, 11) is 0. The first-order valence-corrected chi connectivity index (χ1v) is 5.92. The Balaban J connectivity index is 1.81. The van der Waals surface area contributed by atoms with Crippen molar-refractivity contribution >= 4 is 15.9 Å². The molecule has 2 rings (SSSR count). The summed E-state index contributed by atoms with van der Waals surface area (Å²) in [5.41, 5.74) is 1.11. The summed E-state index contributed by atoms with van der Waals surface area (Å²) in [4.78, 5) is 4.10. The summed E-state index contributed by atoms with van der Waals surface area (Å²) in [6.07, 6.45) is 5.96. The fraction of sp³-hybridized carbons (Fsp3) is 0.545. The van der Waals surface area contributed by atoms with Gasteiger partial charge in [0.1, 0.15) is 0 Å². The molecule has 1 aliphatic heterocycles.